The Morgan fingerprint density at radius 1 is 1.14 bits per heavy atom. The monoisotopic (exact) mass is 501 g/mol. The number of nitrogens with one attached hydrogen (secondary N) is 1. The van der Waals surface area contributed by atoms with Gasteiger partial charge < -0.3 is 9.64 Å². The lowest BCUT2D eigenvalue weighted by atomic mass is 10.00. The fourth-order valence-electron chi connectivity index (χ4n) is 4.44. The molecule has 4 rings (SSSR count). The molecule has 1 aliphatic carbocycles. The second-order valence-electron chi connectivity index (χ2n) is 8.49. The number of ketones is 1. The number of halogens is 3. The summed E-state index contributed by atoms with van der Waals surface area (Å²) < 4.78 is 46.1. The van der Waals surface area contributed by atoms with Gasteiger partial charge in [0.25, 0.3) is 0 Å². The predicted molar refractivity (Wildman–Crippen MR) is 122 cm³/mol. The number of fused-ring (bicyclic) bond motifs is 1. The summed E-state index contributed by atoms with van der Waals surface area (Å²) in [5.41, 5.74) is 3.68. The maximum Gasteiger partial charge on any atom is 0.471 e. The number of nitrogens with zero attached hydrogens (tertiary/aromatic N) is 2. The quantitative estimate of drug-likeness (QED) is 0.392. The van der Waals surface area contributed by atoms with Crippen LogP contribution in [0.2, 0.25) is 0 Å². The van der Waals surface area contributed by atoms with E-state index in [9.17, 15) is 27.6 Å². The van der Waals surface area contributed by atoms with Gasteiger partial charge >= 0.3 is 12.1 Å². The van der Waals surface area contributed by atoms with Gasteiger partial charge in [-0.1, -0.05) is 18.2 Å². The van der Waals surface area contributed by atoms with Crippen LogP contribution in [0.3, 0.4) is 0 Å². The number of hydrogen-bond acceptors (Lipinski definition) is 6. The van der Waals surface area contributed by atoms with E-state index >= 15 is 0 Å². The van der Waals surface area contributed by atoms with E-state index in [-0.39, 0.29) is 18.7 Å². The van der Waals surface area contributed by atoms with Gasteiger partial charge in [0.1, 0.15) is 18.1 Å². The highest BCUT2D eigenvalue weighted by atomic mass is 19.4. The zero-order valence-corrected chi connectivity index (χ0v) is 19.1. The molecule has 11 heteroatoms. The fourth-order valence-corrected chi connectivity index (χ4v) is 4.44. The Morgan fingerprint density at radius 2 is 1.83 bits per heavy atom. The van der Waals surface area contributed by atoms with Crippen LogP contribution in [0.4, 0.5) is 18.9 Å². The summed E-state index contributed by atoms with van der Waals surface area (Å²) in [6.45, 7) is 2.03. The van der Waals surface area contributed by atoms with Gasteiger partial charge in [-0.05, 0) is 43.3 Å². The van der Waals surface area contributed by atoms with Crippen LogP contribution in [0.5, 0.6) is 5.75 Å². The minimum absolute atomic E-state index is 0.162. The molecule has 0 bridgehead atoms. The molecule has 0 aliphatic heterocycles. The maximum atomic E-state index is 13.4. The number of aryl methyl sites for hydroxylation is 1. The number of para-hydroxylation sites is 1. The Balaban J connectivity index is 1.60. The molecule has 0 radical (unpaired) electrons. The summed E-state index contributed by atoms with van der Waals surface area (Å²) in [4.78, 5) is 41.2. The number of Topliss-reactive ketones (excluding diaryl/α,β-unsaturated/α-hetero) is 1. The van der Waals surface area contributed by atoms with Crippen molar-refractivity contribution in [1.29, 1.82) is 0 Å². The van der Waals surface area contributed by atoms with Gasteiger partial charge in [-0.25, -0.2) is 5.48 Å². The molecule has 0 saturated heterocycles. The van der Waals surface area contributed by atoms with Crippen molar-refractivity contribution in [2.75, 3.05) is 4.90 Å². The molecule has 1 saturated carbocycles. The SMILES string of the molecule is Cc1cc(COc2ccc(N(C(=O)C(F)(F)F)[C@@H]3CC(=O)C[C@H]3C(=O)NO)cc2)c2ccccc2n1. The molecule has 2 N–H and O–H groups in total. The minimum Gasteiger partial charge on any atom is -0.489 e. The van der Waals surface area contributed by atoms with Crippen molar-refractivity contribution in [3.8, 4) is 5.75 Å². The molecule has 0 spiro atoms. The lowest BCUT2D eigenvalue weighted by molar-refractivity contribution is -0.171. The molecule has 1 aromatic heterocycles. The number of alkyl halides is 3. The first kappa shape index (κ1) is 25.1. The van der Waals surface area contributed by atoms with Crippen molar-refractivity contribution < 1.29 is 37.5 Å². The zero-order chi connectivity index (χ0) is 26.0. The molecule has 1 fully saturated rings. The van der Waals surface area contributed by atoms with Crippen molar-refractivity contribution in [2.24, 2.45) is 5.92 Å². The molecule has 1 heterocycles. The average molecular weight is 501 g/mol. The fraction of sp³-hybridized carbons (Fsp3) is 0.280. The molecule has 3 aromatic rings. The third kappa shape index (κ3) is 5.15. The Labute approximate surface area is 203 Å². The van der Waals surface area contributed by atoms with Crippen molar-refractivity contribution in [2.45, 2.75) is 38.6 Å². The number of pyridine rings is 1. The number of anilines is 1. The number of aromatic nitrogens is 1. The molecule has 2 amide bonds. The van der Waals surface area contributed by atoms with Gasteiger partial charge in [0.05, 0.1) is 17.5 Å². The smallest absolute Gasteiger partial charge is 0.471 e. The number of rotatable bonds is 6. The standard InChI is InChI=1S/C25H22F3N3O5/c1-14-10-15(19-4-2-3-5-21(19)29-14)13-36-18-8-6-16(7-9-18)31(24(34)25(26,27)28)22-12-17(32)11-20(22)23(33)30-35/h2-10,20,22,35H,11-13H2,1H3,(H,30,33)/t20-,22-/m1/s1. The van der Waals surface area contributed by atoms with Crippen LogP contribution < -0.4 is 15.1 Å². The van der Waals surface area contributed by atoms with Gasteiger partial charge in [-0.15, -0.1) is 0 Å². The second kappa shape index (κ2) is 9.94. The normalized spacial score (nSPS) is 17.8. The van der Waals surface area contributed by atoms with Crippen LogP contribution in [0, 0.1) is 12.8 Å². The maximum absolute atomic E-state index is 13.4. The van der Waals surface area contributed by atoms with Crippen LogP contribution in [-0.2, 0) is 21.0 Å². The summed E-state index contributed by atoms with van der Waals surface area (Å²) in [5, 5.41) is 9.87. The number of hydroxylamine groups is 1. The second-order valence-corrected chi connectivity index (χ2v) is 8.49. The first-order valence-corrected chi connectivity index (χ1v) is 11.0. The largest absolute Gasteiger partial charge is 0.489 e. The van der Waals surface area contributed by atoms with E-state index in [0.29, 0.717) is 10.6 Å². The average Bonchev–Trinajstić information content (AvgIpc) is 3.23. The number of amides is 2. The Morgan fingerprint density at radius 3 is 2.50 bits per heavy atom. The van der Waals surface area contributed by atoms with E-state index in [1.165, 1.54) is 29.7 Å². The van der Waals surface area contributed by atoms with Crippen LogP contribution in [-0.4, -0.2) is 40.0 Å². The van der Waals surface area contributed by atoms with Crippen molar-refractivity contribution >= 4 is 34.2 Å². The molecule has 188 valence electrons. The molecular formula is C25H22F3N3O5. The van der Waals surface area contributed by atoms with Gasteiger partial charge in [0, 0.05) is 35.2 Å². The van der Waals surface area contributed by atoms with Gasteiger partial charge in [0.2, 0.25) is 5.91 Å². The molecule has 0 unspecified atom stereocenters. The van der Waals surface area contributed by atoms with E-state index in [2.05, 4.69) is 4.98 Å². The molecule has 1 aliphatic rings. The van der Waals surface area contributed by atoms with E-state index in [1.54, 1.807) is 0 Å². The van der Waals surface area contributed by atoms with Crippen molar-refractivity contribution in [3.05, 3.63) is 65.9 Å². The molecule has 8 nitrogen and oxygen atoms in total. The summed E-state index contributed by atoms with van der Waals surface area (Å²) in [5.74, 6) is -4.74. The van der Waals surface area contributed by atoms with Crippen molar-refractivity contribution in [3.63, 3.8) is 0 Å². The lowest BCUT2D eigenvalue weighted by Crippen LogP contribution is -2.51. The van der Waals surface area contributed by atoms with E-state index in [1.807, 2.05) is 37.3 Å². The Hall–Kier alpha value is -3.99. The highest BCUT2D eigenvalue weighted by Gasteiger charge is 2.50. The van der Waals surface area contributed by atoms with Crippen LogP contribution >= 0.6 is 0 Å². The summed E-state index contributed by atoms with van der Waals surface area (Å²) in [6.07, 6.45) is -6.09. The molecule has 2 aromatic carbocycles. The van der Waals surface area contributed by atoms with Gasteiger partial charge in [-0.3, -0.25) is 24.6 Å². The van der Waals surface area contributed by atoms with E-state index in [0.717, 1.165) is 22.2 Å². The zero-order valence-electron chi connectivity index (χ0n) is 19.1. The van der Waals surface area contributed by atoms with Gasteiger partial charge in [0.15, 0.2) is 0 Å². The molecule has 2 atom stereocenters. The summed E-state index contributed by atoms with van der Waals surface area (Å²) >= 11 is 0. The lowest BCUT2D eigenvalue weighted by Gasteiger charge is -2.32. The van der Waals surface area contributed by atoms with E-state index < -0.39 is 42.2 Å². The number of carbonyl (C=O) groups is 3. The summed E-state index contributed by atoms with van der Waals surface area (Å²) in [6, 6.07) is 13.3. The highest BCUT2D eigenvalue weighted by Crippen LogP contribution is 2.35. The Bertz CT molecular complexity index is 1310. The first-order chi connectivity index (χ1) is 17.1. The third-order valence-corrected chi connectivity index (χ3v) is 6.03. The first-order valence-electron chi connectivity index (χ1n) is 11.0. The van der Waals surface area contributed by atoms with E-state index in [4.69, 9.17) is 9.94 Å². The highest BCUT2D eigenvalue weighted by molar-refractivity contribution is 6.01. The van der Waals surface area contributed by atoms with Crippen LogP contribution in [0.25, 0.3) is 10.9 Å². The summed E-state index contributed by atoms with van der Waals surface area (Å²) in [7, 11) is 0. The van der Waals surface area contributed by atoms with Gasteiger partial charge in [-0.2, -0.15) is 13.2 Å². The number of benzene rings is 2. The van der Waals surface area contributed by atoms with Crippen molar-refractivity contribution in [1.82, 2.24) is 10.5 Å². The van der Waals surface area contributed by atoms with Crippen LogP contribution in [0.15, 0.2) is 54.6 Å². The van der Waals surface area contributed by atoms with Crippen LogP contribution in [0.1, 0.15) is 24.1 Å². The Kier molecular flexibility index (Phi) is 6.93. The third-order valence-electron chi connectivity index (χ3n) is 6.03. The number of ether oxygens (including phenoxy) is 1. The topological polar surface area (TPSA) is 109 Å². The molecule has 36 heavy (non-hydrogen) atoms. The molecular weight excluding hydrogens is 479 g/mol. The minimum atomic E-state index is -5.25. The number of carbonyl (C=O) groups excluding carboxylic acids is 3. The predicted octanol–water partition coefficient (Wildman–Crippen LogP) is 3.87. The number of hydrogen-bond donors (Lipinski definition) is 2.